The van der Waals surface area contributed by atoms with Gasteiger partial charge in [-0.3, -0.25) is 4.79 Å². The highest BCUT2D eigenvalue weighted by atomic mass is 19.1. The van der Waals surface area contributed by atoms with E-state index in [4.69, 9.17) is 0 Å². The fourth-order valence-electron chi connectivity index (χ4n) is 2.53. The molecule has 0 bridgehead atoms. The molecule has 5 nitrogen and oxygen atoms in total. The summed E-state index contributed by atoms with van der Waals surface area (Å²) in [5.74, 6) is 0.357. The van der Waals surface area contributed by atoms with Crippen LogP contribution in [0.3, 0.4) is 0 Å². The zero-order valence-corrected chi connectivity index (χ0v) is 13.7. The summed E-state index contributed by atoms with van der Waals surface area (Å²) in [6.45, 7) is 0.823. The van der Waals surface area contributed by atoms with Crippen LogP contribution in [-0.2, 0) is 11.3 Å². The summed E-state index contributed by atoms with van der Waals surface area (Å²) in [5.41, 5.74) is 1.36. The molecule has 2 N–H and O–H groups in total. The van der Waals surface area contributed by atoms with Crippen molar-refractivity contribution in [2.75, 3.05) is 11.9 Å². The molecule has 1 heterocycles. The lowest BCUT2D eigenvalue weighted by Gasteiger charge is -2.09. The number of fused-ring (bicyclic) bond motifs is 1. The molecule has 0 aliphatic rings. The number of hydrogen-bond donors (Lipinski definition) is 2. The van der Waals surface area contributed by atoms with Gasteiger partial charge in [0.25, 0.3) is 0 Å². The van der Waals surface area contributed by atoms with Gasteiger partial charge in [0.05, 0.1) is 5.52 Å². The van der Waals surface area contributed by atoms with E-state index in [9.17, 15) is 9.18 Å². The molecule has 0 saturated carbocycles. The second kappa shape index (κ2) is 8.19. The van der Waals surface area contributed by atoms with Gasteiger partial charge in [-0.15, -0.1) is 0 Å². The molecule has 3 rings (SSSR count). The molecular formula is C19H19FN4O. The number of aromatic nitrogens is 2. The number of rotatable bonds is 7. The molecule has 0 fully saturated rings. The predicted molar refractivity (Wildman–Crippen MR) is 95.5 cm³/mol. The minimum atomic E-state index is -0.305. The quantitative estimate of drug-likeness (QED) is 0.649. The first-order valence-corrected chi connectivity index (χ1v) is 8.18. The van der Waals surface area contributed by atoms with Gasteiger partial charge < -0.3 is 10.6 Å². The lowest BCUT2D eigenvalue weighted by Crippen LogP contribution is -2.23. The molecule has 0 saturated heterocycles. The number of nitrogens with one attached hydrogen (secondary N) is 2. The number of carbonyl (C=O) groups is 1. The Hall–Kier alpha value is -3.02. The molecule has 2 aromatic carbocycles. The number of benzene rings is 2. The Morgan fingerprint density at radius 1 is 1.04 bits per heavy atom. The molecule has 128 valence electrons. The summed E-state index contributed by atoms with van der Waals surface area (Å²) in [6, 6.07) is 14.2. The summed E-state index contributed by atoms with van der Waals surface area (Å²) in [4.78, 5) is 20.3. The highest BCUT2D eigenvalue weighted by molar-refractivity contribution is 5.88. The molecule has 1 aromatic heterocycles. The van der Waals surface area contributed by atoms with Gasteiger partial charge in [0.15, 0.2) is 0 Å². The van der Waals surface area contributed by atoms with Crippen molar-refractivity contribution in [3.8, 4) is 0 Å². The van der Waals surface area contributed by atoms with Crippen molar-refractivity contribution in [2.45, 2.75) is 19.4 Å². The monoisotopic (exact) mass is 338 g/mol. The second-order valence-corrected chi connectivity index (χ2v) is 5.64. The third-order valence-electron chi connectivity index (χ3n) is 3.85. The molecular weight excluding hydrogens is 319 g/mol. The predicted octanol–water partition coefficient (Wildman–Crippen LogP) is 3.28. The highest BCUT2D eigenvalue weighted by Gasteiger charge is 2.05. The van der Waals surface area contributed by atoms with Gasteiger partial charge in [-0.2, -0.15) is 0 Å². The number of halogens is 1. The van der Waals surface area contributed by atoms with Crippen molar-refractivity contribution in [2.24, 2.45) is 0 Å². The second-order valence-electron chi connectivity index (χ2n) is 5.64. The first-order chi connectivity index (χ1) is 12.2. The standard InChI is InChI=1S/C19H19FN4O/c20-16-8-3-1-6-14(16)12-22-18(25)10-5-11-21-19-15-7-2-4-9-17(15)23-13-24-19/h1-4,6-9,13H,5,10-12H2,(H,22,25)(H,21,23,24). The molecule has 0 aliphatic heterocycles. The van der Waals surface area contributed by atoms with Crippen molar-refractivity contribution in [3.05, 3.63) is 66.2 Å². The summed E-state index contributed by atoms with van der Waals surface area (Å²) in [5, 5.41) is 6.92. The molecule has 1 amide bonds. The van der Waals surface area contributed by atoms with Crippen LogP contribution in [-0.4, -0.2) is 22.4 Å². The van der Waals surface area contributed by atoms with E-state index in [1.807, 2.05) is 24.3 Å². The molecule has 0 atom stereocenters. The maximum absolute atomic E-state index is 13.5. The van der Waals surface area contributed by atoms with E-state index < -0.39 is 0 Å². The number of anilines is 1. The van der Waals surface area contributed by atoms with Gasteiger partial charge >= 0.3 is 0 Å². The van der Waals surface area contributed by atoms with Crippen LogP contribution in [0.5, 0.6) is 0 Å². The van der Waals surface area contributed by atoms with E-state index in [0.717, 1.165) is 16.7 Å². The van der Waals surface area contributed by atoms with Gasteiger partial charge in [0.1, 0.15) is 18.0 Å². The largest absolute Gasteiger partial charge is 0.369 e. The van der Waals surface area contributed by atoms with Crippen LogP contribution in [0.1, 0.15) is 18.4 Å². The van der Waals surface area contributed by atoms with Gasteiger partial charge in [-0.25, -0.2) is 14.4 Å². The van der Waals surface area contributed by atoms with Crippen molar-refractivity contribution in [1.82, 2.24) is 15.3 Å². The SMILES string of the molecule is O=C(CCCNc1ncnc2ccccc12)NCc1ccccc1F. The summed E-state index contributed by atoms with van der Waals surface area (Å²) in [6.07, 6.45) is 2.54. The van der Waals surface area contributed by atoms with Crippen LogP contribution >= 0.6 is 0 Å². The van der Waals surface area contributed by atoms with E-state index in [1.54, 1.807) is 18.2 Å². The molecule has 3 aromatic rings. The zero-order valence-electron chi connectivity index (χ0n) is 13.7. The minimum Gasteiger partial charge on any atom is -0.369 e. The molecule has 6 heteroatoms. The third-order valence-corrected chi connectivity index (χ3v) is 3.85. The average Bonchev–Trinajstić information content (AvgIpc) is 2.64. The molecule has 0 unspecified atom stereocenters. The van der Waals surface area contributed by atoms with Crippen molar-refractivity contribution >= 4 is 22.6 Å². The number of nitrogens with zero attached hydrogens (tertiary/aromatic N) is 2. The topological polar surface area (TPSA) is 66.9 Å². The van der Waals surface area contributed by atoms with Gasteiger partial charge in [0, 0.05) is 30.5 Å². The molecule has 0 radical (unpaired) electrons. The first-order valence-electron chi connectivity index (χ1n) is 8.18. The summed E-state index contributed by atoms with van der Waals surface area (Å²) < 4.78 is 13.5. The lowest BCUT2D eigenvalue weighted by atomic mass is 10.2. The summed E-state index contributed by atoms with van der Waals surface area (Å²) in [7, 11) is 0. The van der Waals surface area contributed by atoms with Crippen molar-refractivity contribution < 1.29 is 9.18 Å². The Morgan fingerprint density at radius 3 is 2.72 bits per heavy atom. The van der Waals surface area contributed by atoms with E-state index >= 15 is 0 Å². The molecule has 0 aliphatic carbocycles. The average molecular weight is 338 g/mol. The van der Waals surface area contributed by atoms with Crippen LogP contribution in [0.15, 0.2) is 54.9 Å². The number of para-hydroxylation sites is 1. The maximum atomic E-state index is 13.5. The van der Waals surface area contributed by atoms with E-state index in [0.29, 0.717) is 24.9 Å². The van der Waals surface area contributed by atoms with E-state index in [-0.39, 0.29) is 18.3 Å². The Kier molecular flexibility index (Phi) is 5.51. The Morgan fingerprint density at radius 2 is 1.84 bits per heavy atom. The molecule has 25 heavy (non-hydrogen) atoms. The van der Waals surface area contributed by atoms with Gasteiger partial charge in [-0.1, -0.05) is 30.3 Å². The number of amides is 1. The van der Waals surface area contributed by atoms with Gasteiger partial charge in [0.2, 0.25) is 5.91 Å². The zero-order chi connectivity index (χ0) is 17.5. The van der Waals surface area contributed by atoms with E-state index in [1.165, 1.54) is 12.4 Å². The Labute approximate surface area is 145 Å². The fraction of sp³-hybridized carbons (Fsp3) is 0.211. The van der Waals surface area contributed by atoms with E-state index in [2.05, 4.69) is 20.6 Å². The van der Waals surface area contributed by atoms with Crippen LogP contribution in [0.4, 0.5) is 10.2 Å². The lowest BCUT2D eigenvalue weighted by molar-refractivity contribution is -0.121. The Bertz CT molecular complexity index is 863. The number of hydrogen-bond acceptors (Lipinski definition) is 4. The first kappa shape index (κ1) is 16.8. The molecule has 0 spiro atoms. The van der Waals surface area contributed by atoms with Gasteiger partial charge in [-0.05, 0) is 24.6 Å². The van der Waals surface area contributed by atoms with Crippen LogP contribution in [0.25, 0.3) is 10.9 Å². The third kappa shape index (κ3) is 4.50. The van der Waals surface area contributed by atoms with Crippen LogP contribution < -0.4 is 10.6 Å². The highest BCUT2D eigenvalue weighted by Crippen LogP contribution is 2.18. The Balaban J connectivity index is 1.43. The van der Waals surface area contributed by atoms with Crippen LogP contribution in [0.2, 0.25) is 0 Å². The van der Waals surface area contributed by atoms with Crippen LogP contribution in [0, 0.1) is 5.82 Å². The maximum Gasteiger partial charge on any atom is 0.220 e. The van der Waals surface area contributed by atoms with Crippen molar-refractivity contribution in [3.63, 3.8) is 0 Å². The minimum absolute atomic E-state index is 0.0994. The van der Waals surface area contributed by atoms with Crippen molar-refractivity contribution in [1.29, 1.82) is 0 Å². The fourth-order valence-corrected chi connectivity index (χ4v) is 2.53. The number of carbonyl (C=O) groups excluding carboxylic acids is 1. The smallest absolute Gasteiger partial charge is 0.220 e. The summed E-state index contributed by atoms with van der Waals surface area (Å²) >= 11 is 0. The normalized spacial score (nSPS) is 10.6.